The highest BCUT2D eigenvalue weighted by molar-refractivity contribution is 7.98. The fraction of sp³-hybridized carbons (Fsp3) is 0.765. The van der Waals surface area contributed by atoms with Gasteiger partial charge in [-0.25, -0.2) is 4.79 Å². The average Bonchev–Trinajstić information content (AvgIpc) is 3.20. The normalized spacial score (nSPS) is 18.1. The number of amides is 3. The van der Waals surface area contributed by atoms with Crippen LogP contribution >= 0.6 is 23.5 Å². The minimum Gasteiger partial charge on any atom is -0.480 e. The van der Waals surface area contributed by atoms with Crippen molar-refractivity contribution in [3.8, 4) is 0 Å². The second-order valence-electron chi connectivity index (χ2n) is 6.45. The number of carbonyl (C=O) groups excluding carboxylic acids is 3. The quantitative estimate of drug-likeness (QED) is 0.260. The van der Waals surface area contributed by atoms with Crippen molar-refractivity contribution in [2.24, 2.45) is 0 Å². The van der Waals surface area contributed by atoms with Gasteiger partial charge in [0.25, 0.3) is 0 Å². The predicted molar refractivity (Wildman–Crippen MR) is 112 cm³/mol. The van der Waals surface area contributed by atoms with Crippen LogP contribution in [0.15, 0.2) is 0 Å². The van der Waals surface area contributed by atoms with Gasteiger partial charge in [-0.1, -0.05) is 0 Å². The van der Waals surface area contributed by atoms with Crippen molar-refractivity contribution < 1.29 is 24.3 Å². The van der Waals surface area contributed by atoms with Crippen LogP contribution in [0.2, 0.25) is 0 Å². The predicted octanol–water partition coefficient (Wildman–Crippen LogP) is -0.585. The summed E-state index contributed by atoms with van der Waals surface area (Å²) < 4.78 is 0. The number of aliphatic carboxylic acids is 1. The average molecular weight is 435 g/mol. The molecule has 1 rings (SSSR count). The molecule has 1 fully saturated rings. The first-order chi connectivity index (χ1) is 13.4. The van der Waals surface area contributed by atoms with Gasteiger partial charge in [-0.05, 0) is 56.2 Å². The summed E-state index contributed by atoms with van der Waals surface area (Å²) in [5.74, 6) is -1.13. The molecule has 0 bridgehead atoms. The summed E-state index contributed by atoms with van der Waals surface area (Å²) in [6.07, 6.45) is 6.06. The second-order valence-corrected chi connectivity index (χ2v) is 8.42. The first-order valence-corrected chi connectivity index (χ1v) is 12.0. The van der Waals surface area contributed by atoms with Gasteiger partial charge in [0.2, 0.25) is 17.7 Å². The summed E-state index contributed by atoms with van der Waals surface area (Å²) in [6.45, 7) is 0.553. The van der Waals surface area contributed by atoms with Gasteiger partial charge in [-0.3, -0.25) is 14.4 Å². The van der Waals surface area contributed by atoms with Crippen LogP contribution in [0.3, 0.4) is 0 Å². The van der Waals surface area contributed by atoms with Crippen LogP contribution in [0.4, 0.5) is 0 Å². The topological polar surface area (TPSA) is 137 Å². The number of rotatable bonds is 13. The number of carboxylic acid groups (broad SMARTS) is 1. The molecule has 11 heteroatoms. The van der Waals surface area contributed by atoms with Crippen LogP contribution in [-0.4, -0.2) is 84.0 Å². The molecule has 1 saturated heterocycles. The molecule has 0 saturated carbocycles. The SMILES string of the molecule is CSCCC(NC(=O)C(CCSC)NC(=O)CNC(=O)C1CCCN1)C(=O)O. The molecule has 0 aromatic rings. The van der Waals surface area contributed by atoms with Gasteiger partial charge in [-0.2, -0.15) is 23.5 Å². The van der Waals surface area contributed by atoms with Crippen LogP contribution in [0.25, 0.3) is 0 Å². The summed E-state index contributed by atoms with van der Waals surface area (Å²) in [5.41, 5.74) is 0. The Morgan fingerprint density at radius 2 is 1.71 bits per heavy atom. The lowest BCUT2D eigenvalue weighted by Gasteiger charge is -2.21. The Hall–Kier alpha value is -1.46. The Kier molecular flexibility index (Phi) is 12.0. The lowest BCUT2D eigenvalue weighted by Crippen LogP contribution is -2.54. The Morgan fingerprint density at radius 3 is 2.25 bits per heavy atom. The third-order valence-corrected chi connectivity index (χ3v) is 5.58. The van der Waals surface area contributed by atoms with Crippen molar-refractivity contribution >= 4 is 47.2 Å². The van der Waals surface area contributed by atoms with Gasteiger partial charge >= 0.3 is 5.97 Å². The van der Waals surface area contributed by atoms with Gasteiger partial charge in [0.05, 0.1) is 12.6 Å². The summed E-state index contributed by atoms with van der Waals surface area (Å²) in [7, 11) is 0. The zero-order valence-electron chi connectivity index (χ0n) is 16.3. The standard InChI is InChI=1S/C17H30N4O5S2/c1-27-8-5-12(16(24)21-13(17(25)26)6-9-28-2)20-14(22)10-19-15(23)11-4-3-7-18-11/h11-13,18H,3-10H2,1-2H3,(H,19,23)(H,20,22)(H,21,24)(H,25,26). The first kappa shape index (κ1) is 24.6. The van der Waals surface area contributed by atoms with Crippen LogP contribution in [0, 0.1) is 0 Å². The van der Waals surface area contributed by atoms with Gasteiger partial charge in [0.15, 0.2) is 0 Å². The van der Waals surface area contributed by atoms with E-state index in [1.807, 2.05) is 12.5 Å². The maximum atomic E-state index is 12.5. The number of thioether (sulfide) groups is 2. The van der Waals surface area contributed by atoms with E-state index in [0.717, 1.165) is 19.4 Å². The Morgan fingerprint density at radius 1 is 1.07 bits per heavy atom. The summed E-state index contributed by atoms with van der Waals surface area (Å²) in [4.78, 5) is 48.0. The Balaban J connectivity index is 2.56. The minimum absolute atomic E-state index is 0.227. The molecule has 0 aromatic carbocycles. The van der Waals surface area contributed by atoms with E-state index in [4.69, 9.17) is 0 Å². The number of carboxylic acids is 1. The molecule has 28 heavy (non-hydrogen) atoms. The number of hydrogen-bond donors (Lipinski definition) is 5. The molecule has 3 amide bonds. The zero-order valence-corrected chi connectivity index (χ0v) is 17.9. The third kappa shape index (κ3) is 9.16. The molecule has 3 unspecified atom stereocenters. The summed E-state index contributed by atoms with van der Waals surface area (Å²) in [6, 6.07) is -2.13. The minimum atomic E-state index is -1.10. The Bertz CT molecular complexity index is 544. The highest BCUT2D eigenvalue weighted by Gasteiger charge is 2.27. The van der Waals surface area contributed by atoms with E-state index in [0.29, 0.717) is 24.3 Å². The molecule has 3 atom stereocenters. The van der Waals surface area contributed by atoms with E-state index in [2.05, 4.69) is 21.3 Å². The monoisotopic (exact) mass is 434 g/mol. The first-order valence-electron chi connectivity index (χ1n) is 9.20. The molecule has 0 aromatic heterocycles. The van der Waals surface area contributed by atoms with E-state index >= 15 is 0 Å². The largest absolute Gasteiger partial charge is 0.480 e. The fourth-order valence-electron chi connectivity index (χ4n) is 2.71. The second kappa shape index (κ2) is 13.7. The molecule has 1 heterocycles. The van der Waals surface area contributed by atoms with Gasteiger partial charge in [0.1, 0.15) is 12.1 Å². The molecule has 160 valence electrons. The van der Waals surface area contributed by atoms with Crippen molar-refractivity contribution in [3.63, 3.8) is 0 Å². The lowest BCUT2D eigenvalue weighted by atomic mass is 10.1. The molecule has 0 aliphatic carbocycles. The lowest BCUT2D eigenvalue weighted by molar-refractivity contribution is -0.142. The van der Waals surface area contributed by atoms with Crippen LogP contribution in [-0.2, 0) is 19.2 Å². The summed E-state index contributed by atoms with van der Waals surface area (Å²) in [5, 5.41) is 20.0. The number of carbonyl (C=O) groups is 4. The molecule has 0 radical (unpaired) electrons. The van der Waals surface area contributed by atoms with Gasteiger partial charge in [-0.15, -0.1) is 0 Å². The Labute approximate surface area is 173 Å². The molecule has 9 nitrogen and oxygen atoms in total. The maximum Gasteiger partial charge on any atom is 0.326 e. The zero-order chi connectivity index (χ0) is 20.9. The van der Waals surface area contributed by atoms with E-state index in [9.17, 15) is 24.3 Å². The van der Waals surface area contributed by atoms with Crippen molar-refractivity contribution in [1.29, 1.82) is 0 Å². The van der Waals surface area contributed by atoms with Gasteiger partial charge < -0.3 is 26.4 Å². The van der Waals surface area contributed by atoms with Crippen molar-refractivity contribution in [2.75, 3.05) is 37.1 Å². The number of hydrogen-bond acceptors (Lipinski definition) is 7. The van der Waals surface area contributed by atoms with Crippen LogP contribution in [0.5, 0.6) is 0 Å². The third-order valence-electron chi connectivity index (χ3n) is 4.29. The highest BCUT2D eigenvalue weighted by Crippen LogP contribution is 2.06. The highest BCUT2D eigenvalue weighted by atomic mass is 32.2. The van der Waals surface area contributed by atoms with Gasteiger partial charge in [0, 0.05) is 0 Å². The molecule has 0 spiro atoms. The molecule has 5 N–H and O–H groups in total. The van der Waals surface area contributed by atoms with Crippen molar-refractivity contribution in [1.82, 2.24) is 21.3 Å². The number of nitrogens with one attached hydrogen (secondary N) is 4. The fourth-order valence-corrected chi connectivity index (χ4v) is 3.66. The van der Waals surface area contributed by atoms with Crippen molar-refractivity contribution in [2.45, 2.75) is 43.8 Å². The van der Waals surface area contributed by atoms with Crippen molar-refractivity contribution in [3.05, 3.63) is 0 Å². The molecular weight excluding hydrogens is 404 g/mol. The molecular formula is C17H30N4O5S2. The van der Waals surface area contributed by atoms with E-state index < -0.39 is 29.9 Å². The van der Waals surface area contributed by atoms with E-state index in [1.54, 1.807) is 0 Å². The van der Waals surface area contributed by atoms with E-state index in [1.165, 1.54) is 23.5 Å². The summed E-state index contributed by atoms with van der Waals surface area (Å²) >= 11 is 3.01. The maximum absolute atomic E-state index is 12.5. The van der Waals surface area contributed by atoms with Crippen LogP contribution < -0.4 is 21.3 Å². The van der Waals surface area contributed by atoms with Crippen LogP contribution in [0.1, 0.15) is 25.7 Å². The van der Waals surface area contributed by atoms with E-state index in [-0.39, 0.29) is 18.5 Å². The smallest absolute Gasteiger partial charge is 0.326 e. The molecule has 1 aliphatic heterocycles. The molecule has 1 aliphatic rings.